The predicted octanol–water partition coefficient (Wildman–Crippen LogP) is 1.58. The Morgan fingerprint density at radius 2 is 2.14 bits per heavy atom. The summed E-state index contributed by atoms with van der Waals surface area (Å²) in [6.45, 7) is 7.04. The highest BCUT2D eigenvalue weighted by Gasteiger charge is 2.23. The Bertz CT molecular complexity index is 658. The minimum Gasteiger partial charge on any atom is -0.396 e. The topological polar surface area (TPSA) is 66.6 Å². The van der Waals surface area contributed by atoms with Crippen LogP contribution in [0.15, 0.2) is 35.3 Å². The van der Waals surface area contributed by atoms with E-state index in [2.05, 4.69) is 31.1 Å². The molecule has 0 aliphatic rings. The van der Waals surface area contributed by atoms with Crippen LogP contribution in [0, 0.1) is 5.41 Å². The molecule has 0 saturated heterocycles. The van der Waals surface area contributed by atoms with Crippen molar-refractivity contribution in [1.82, 2.24) is 14.7 Å². The lowest BCUT2D eigenvalue weighted by Gasteiger charge is -2.31. The van der Waals surface area contributed by atoms with Crippen LogP contribution in [0.2, 0.25) is 0 Å². The first-order chi connectivity index (χ1) is 9.91. The van der Waals surface area contributed by atoms with Crippen molar-refractivity contribution in [3.63, 3.8) is 0 Å². The zero-order chi connectivity index (χ0) is 15.5. The third kappa shape index (κ3) is 3.89. The summed E-state index contributed by atoms with van der Waals surface area (Å²) in [4.78, 5) is 16.5. The standard InChI is InChI=1S/C16H23N3O2/c1-16(2,3)13(7-9-20)17-11-12-10-15(21)19-8-5-4-6-14(19)18-12/h4-6,8,10,13,17,20H,7,9,11H2,1-3H3. The van der Waals surface area contributed by atoms with Crippen molar-refractivity contribution in [2.45, 2.75) is 39.8 Å². The van der Waals surface area contributed by atoms with Crippen LogP contribution in [-0.2, 0) is 6.54 Å². The molecule has 21 heavy (non-hydrogen) atoms. The highest BCUT2D eigenvalue weighted by molar-refractivity contribution is 5.37. The van der Waals surface area contributed by atoms with Gasteiger partial charge >= 0.3 is 0 Å². The fourth-order valence-corrected chi connectivity index (χ4v) is 2.39. The van der Waals surface area contributed by atoms with Crippen LogP contribution in [0.25, 0.3) is 5.65 Å². The Labute approximate surface area is 124 Å². The van der Waals surface area contributed by atoms with Crippen molar-refractivity contribution in [3.8, 4) is 0 Å². The Balaban J connectivity index is 2.18. The molecule has 2 rings (SSSR count). The van der Waals surface area contributed by atoms with Crippen LogP contribution in [-0.4, -0.2) is 27.1 Å². The van der Waals surface area contributed by atoms with E-state index in [9.17, 15) is 9.90 Å². The van der Waals surface area contributed by atoms with Crippen molar-refractivity contribution in [1.29, 1.82) is 0 Å². The van der Waals surface area contributed by atoms with Gasteiger partial charge in [-0.2, -0.15) is 0 Å². The largest absolute Gasteiger partial charge is 0.396 e. The zero-order valence-corrected chi connectivity index (χ0v) is 12.8. The Hall–Kier alpha value is -1.72. The number of hydrogen-bond donors (Lipinski definition) is 2. The summed E-state index contributed by atoms with van der Waals surface area (Å²) in [6, 6.07) is 7.21. The van der Waals surface area contributed by atoms with Crippen LogP contribution in [0.3, 0.4) is 0 Å². The first-order valence-electron chi connectivity index (χ1n) is 7.23. The van der Waals surface area contributed by atoms with Gasteiger partial charge in [-0.3, -0.25) is 9.20 Å². The minimum atomic E-state index is -0.0770. The molecule has 114 valence electrons. The molecule has 5 heteroatoms. The molecule has 0 aliphatic heterocycles. The molecule has 0 saturated carbocycles. The normalized spacial score (nSPS) is 13.5. The van der Waals surface area contributed by atoms with Gasteiger partial charge in [0.05, 0.1) is 5.69 Å². The van der Waals surface area contributed by atoms with Gasteiger partial charge in [-0.05, 0) is 24.0 Å². The highest BCUT2D eigenvalue weighted by Crippen LogP contribution is 2.21. The van der Waals surface area contributed by atoms with E-state index >= 15 is 0 Å². The second kappa shape index (κ2) is 6.37. The van der Waals surface area contributed by atoms with E-state index in [0.29, 0.717) is 18.6 Å². The van der Waals surface area contributed by atoms with Crippen LogP contribution in [0.5, 0.6) is 0 Å². The van der Waals surface area contributed by atoms with E-state index in [1.807, 2.05) is 18.2 Å². The average Bonchev–Trinajstić information content (AvgIpc) is 2.42. The Morgan fingerprint density at radius 1 is 1.38 bits per heavy atom. The fourth-order valence-electron chi connectivity index (χ4n) is 2.39. The lowest BCUT2D eigenvalue weighted by molar-refractivity contribution is 0.196. The van der Waals surface area contributed by atoms with E-state index < -0.39 is 0 Å². The molecule has 2 aromatic heterocycles. The first-order valence-corrected chi connectivity index (χ1v) is 7.23. The van der Waals surface area contributed by atoms with Crippen molar-refractivity contribution in [2.75, 3.05) is 6.61 Å². The second-order valence-electron chi connectivity index (χ2n) is 6.33. The number of aromatic nitrogens is 2. The predicted molar refractivity (Wildman–Crippen MR) is 83.2 cm³/mol. The summed E-state index contributed by atoms with van der Waals surface area (Å²) in [7, 11) is 0. The van der Waals surface area contributed by atoms with Gasteiger partial charge < -0.3 is 10.4 Å². The molecule has 0 radical (unpaired) electrons. The molecule has 0 aromatic carbocycles. The molecule has 0 fully saturated rings. The summed E-state index contributed by atoms with van der Waals surface area (Å²) in [5, 5.41) is 12.6. The molecule has 1 unspecified atom stereocenters. The highest BCUT2D eigenvalue weighted by atomic mass is 16.3. The molecule has 0 bridgehead atoms. The van der Waals surface area contributed by atoms with E-state index in [-0.39, 0.29) is 23.6 Å². The van der Waals surface area contributed by atoms with Gasteiger partial charge in [0.1, 0.15) is 5.65 Å². The van der Waals surface area contributed by atoms with Gasteiger partial charge in [-0.25, -0.2) is 4.98 Å². The SMILES string of the molecule is CC(C)(C)C(CCO)NCc1cc(=O)n2ccccc2n1. The van der Waals surface area contributed by atoms with Crippen molar-refractivity contribution >= 4 is 5.65 Å². The van der Waals surface area contributed by atoms with Crippen molar-refractivity contribution < 1.29 is 5.11 Å². The Morgan fingerprint density at radius 3 is 2.81 bits per heavy atom. The summed E-state index contributed by atoms with van der Waals surface area (Å²) in [5.41, 5.74) is 1.33. The maximum atomic E-state index is 12.0. The minimum absolute atomic E-state index is 0.0363. The second-order valence-corrected chi connectivity index (χ2v) is 6.33. The monoisotopic (exact) mass is 289 g/mol. The molecule has 0 amide bonds. The first kappa shape index (κ1) is 15.7. The molecule has 0 aliphatic carbocycles. The number of fused-ring (bicyclic) bond motifs is 1. The Kier molecular flexibility index (Phi) is 4.75. The van der Waals surface area contributed by atoms with Gasteiger partial charge in [0, 0.05) is 31.5 Å². The zero-order valence-electron chi connectivity index (χ0n) is 12.8. The third-order valence-electron chi connectivity index (χ3n) is 3.62. The number of rotatable bonds is 5. The maximum Gasteiger partial charge on any atom is 0.258 e. The third-order valence-corrected chi connectivity index (χ3v) is 3.62. The van der Waals surface area contributed by atoms with E-state index in [0.717, 1.165) is 5.69 Å². The smallest absolute Gasteiger partial charge is 0.258 e. The van der Waals surface area contributed by atoms with E-state index in [4.69, 9.17) is 0 Å². The molecule has 0 spiro atoms. The van der Waals surface area contributed by atoms with Crippen molar-refractivity contribution in [2.24, 2.45) is 5.41 Å². The number of aliphatic hydroxyl groups excluding tert-OH is 1. The summed E-state index contributed by atoms with van der Waals surface area (Å²) >= 11 is 0. The molecule has 2 heterocycles. The molecular formula is C16H23N3O2. The number of hydrogen-bond acceptors (Lipinski definition) is 4. The molecular weight excluding hydrogens is 266 g/mol. The number of nitrogens with one attached hydrogen (secondary N) is 1. The van der Waals surface area contributed by atoms with Gasteiger partial charge in [0.15, 0.2) is 0 Å². The number of nitrogens with zero attached hydrogens (tertiary/aromatic N) is 2. The molecule has 1 atom stereocenters. The van der Waals surface area contributed by atoms with Crippen LogP contribution in [0.1, 0.15) is 32.9 Å². The molecule has 2 N–H and O–H groups in total. The maximum absolute atomic E-state index is 12.0. The van der Waals surface area contributed by atoms with Crippen LogP contribution >= 0.6 is 0 Å². The lowest BCUT2D eigenvalue weighted by Crippen LogP contribution is -2.41. The number of aliphatic hydroxyl groups is 1. The van der Waals surface area contributed by atoms with Gasteiger partial charge in [-0.15, -0.1) is 0 Å². The lowest BCUT2D eigenvalue weighted by atomic mass is 9.85. The van der Waals surface area contributed by atoms with Crippen molar-refractivity contribution in [3.05, 3.63) is 46.5 Å². The summed E-state index contributed by atoms with van der Waals surface area (Å²) in [6.07, 6.45) is 2.39. The van der Waals surface area contributed by atoms with E-state index in [1.54, 1.807) is 12.3 Å². The molecule has 2 aromatic rings. The number of pyridine rings is 1. The average molecular weight is 289 g/mol. The molecule has 5 nitrogen and oxygen atoms in total. The van der Waals surface area contributed by atoms with E-state index in [1.165, 1.54) is 4.40 Å². The summed E-state index contributed by atoms with van der Waals surface area (Å²) < 4.78 is 1.53. The van der Waals surface area contributed by atoms with Crippen LogP contribution < -0.4 is 10.9 Å². The fraction of sp³-hybridized carbons (Fsp3) is 0.500. The quantitative estimate of drug-likeness (QED) is 0.877. The van der Waals surface area contributed by atoms with Gasteiger partial charge in [-0.1, -0.05) is 26.8 Å². The summed E-state index contributed by atoms with van der Waals surface area (Å²) in [5.74, 6) is 0. The van der Waals surface area contributed by atoms with Gasteiger partial charge in [0.25, 0.3) is 5.56 Å². The van der Waals surface area contributed by atoms with Crippen LogP contribution in [0.4, 0.5) is 0 Å². The van der Waals surface area contributed by atoms with Gasteiger partial charge in [0.2, 0.25) is 0 Å².